The predicted octanol–water partition coefficient (Wildman–Crippen LogP) is 3.11. The van der Waals surface area contributed by atoms with Gasteiger partial charge in [0.25, 0.3) is 0 Å². The molecule has 0 saturated heterocycles. The van der Waals surface area contributed by atoms with Crippen LogP contribution in [-0.4, -0.2) is 23.5 Å². The smallest absolute Gasteiger partial charge is 0.0953 e. The molecule has 0 saturated carbocycles. The molecule has 0 aromatic carbocycles. The average molecular weight is 244 g/mol. The van der Waals surface area contributed by atoms with E-state index >= 15 is 0 Å². The van der Waals surface area contributed by atoms with Crippen LogP contribution in [0.4, 0.5) is 0 Å². The Labute approximate surface area is 101 Å². The van der Waals surface area contributed by atoms with Crippen LogP contribution in [0.5, 0.6) is 0 Å². The summed E-state index contributed by atoms with van der Waals surface area (Å²) in [6.07, 6.45) is 5.40. The van der Waals surface area contributed by atoms with E-state index in [4.69, 9.17) is 0 Å². The normalized spacial score (nSPS) is 11.2. The van der Waals surface area contributed by atoms with Crippen molar-refractivity contribution in [3.05, 3.63) is 16.1 Å². The Hall–Kier alpha value is -0.0600. The summed E-state index contributed by atoms with van der Waals surface area (Å²) < 4.78 is 0. The van der Waals surface area contributed by atoms with E-state index in [1.54, 1.807) is 0 Å². The first-order valence-electron chi connectivity index (χ1n) is 5.38. The molecule has 4 heteroatoms. The van der Waals surface area contributed by atoms with Crippen molar-refractivity contribution in [1.82, 2.24) is 10.3 Å². The van der Waals surface area contributed by atoms with Crippen LogP contribution in [0.25, 0.3) is 0 Å². The van der Waals surface area contributed by atoms with Gasteiger partial charge < -0.3 is 5.32 Å². The molecule has 1 rings (SSSR count). The molecule has 86 valence electrons. The molecule has 0 aliphatic carbocycles. The summed E-state index contributed by atoms with van der Waals surface area (Å²) >= 11 is 3.73. The standard InChI is InChI=1S/C11H20N2S2/c1-9(2)11-13-8-10(15-11)7-12-5-4-6-14-3/h8-9,12H,4-7H2,1-3H3. The number of nitrogens with one attached hydrogen (secondary N) is 1. The second-order valence-electron chi connectivity index (χ2n) is 3.84. The van der Waals surface area contributed by atoms with Crippen LogP contribution in [0.1, 0.15) is 36.1 Å². The number of nitrogens with zero attached hydrogens (tertiary/aromatic N) is 1. The van der Waals surface area contributed by atoms with E-state index < -0.39 is 0 Å². The van der Waals surface area contributed by atoms with Crippen molar-refractivity contribution < 1.29 is 0 Å². The Morgan fingerprint density at radius 3 is 2.93 bits per heavy atom. The van der Waals surface area contributed by atoms with Gasteiger partial charge in [-0.3, -0.25) is 0 Å². The predicted molar refractivity (Wildman–Crippen MR) is 70.9 cm³/mol. The molecule has 0 amide bonds. The minimum atomic E-state index is 0.556. The van der Waals surface area contributed by atoms with Gasteiger partial charge in [0, 0.05) is 23.5 Å². The SMILES string of the molecule is CSCCCNCc1cnc(C(C)C)s1. The van der Waals surface area contributed by atoms with E-state index in [1.165, 1.54) is 22.1 Å². The molecule has 0 atom stereocenters. The molecule has 0 bridgehead atoms. The third-order valence-electron chi connectivity index (χ3n) is 2.07. The van der Waals surface area contributed by atoms with Crippen molar-refractivity contribution in [3.63, 3.8) is 0 Å². The summed E-state index contributed by atoms with van der Waals surface area (Å²) in [6, 6.07) is 0. The number of thioether (sulfide) groups is 1. The van der Waals surface area contributed by atoms with Crippen molar-refractivity contribution in [2.45, 2.75) is 32.7 Å². The molecule has 0 fully saturated rings. The molecule has 2 nitrogen and oxygen atoms in total. The van der Waals surface area contributed by atoms with Gasteiger partial charge in [0.2, 0.25) is 0 Å². The molecule has 0 radical (unpaired) electrons. The van der Waals surface area contributed by atoms with Crippen LogP contribution >= 0.6 is 23.1 Å². The summed E-state index contributed by atoms with van der Waals surface area (Å²) in [5.74, 6) is 1.80. The zero-order valence-corrected chi connectivity index (χ0v) is 11.4. The van der Waals surface area contributed by atoms with E-state index in [0.29, 0.717) is 5.92 Å². The van der Waals surface area contributed by atoms with Crippen LogP contribution in [0.2, 0.25) is 0 Å². The van der Waals surface area contributed by atoms with Gasteiger partial charge in [-0.05, 0) is 25.0 Å². The molecule has 1 N–H and O–H groups in total. The van der Waals surface area contributed by atoms with Gasteiger partial charge in [-0.2, -0.15) is 11.8 Å². The third-order valence-corrected chi connectivity index (χ3v) is 4.06. The summed E-state index contributed by atoms with van der Waals surface area (Å²) in [7, 11) is 0. The van der Waals surface area contributed by atoms with E-state index in [-0.39, 0.29) is 0 Å². The zero-order chi connectivity index (χ0) is 11.1. The van der Waals surface area contributed by atoms with Gasteiger partial charge in [0.05, 0.1) is 5.01 Å². The first kappa shape index (κ1) is 13.0. The summed E-state index contributed by atoms with van der Waals surface area (Å²) in [4.78, 5) is 5.76. The number of thiazole rings is 1. The summed E-state index contributed by atoms with van der Waals surface area (Å²) in [5.41, 5.74) is 0. The summed E-state index contributed by atoms with van der Waals surface area (Å²) in [5, 5.41) is 4.69. The molecule has 1 heterocycles. The zero-order valence-electron chi connectivity index (χ0n) is 9.75. The number of rotatable bonds is 7. The molecular weight excluding hydrogens is 224 g/mol. The molecule has 0 aliphatic heterocycles. The Bertz CT molecular complexity index is 271. The molecule has 0 unspecified atom stereocenters. The highest BCUT2D eigenvalue weighted by molar-refractivity contribution is 7.98. The maximum atomic E-state index is 4.41. The first-order chi connectivity index (χ1) is 7.24. The lowest BCUT2D eigenvalue weighted by atomic mass is 10.2. The second-order valence-corrected chi connectivity index (χ2v) is 5.98. The number of aromatic nitrogens is 1. The van der Waals surface area contributed by atoms with Crippen molar-refractivity contribution in [2.24, 2.45) is 0 Å². The molecule has 0 aliphatic rings. The highest BCUT2D eigenvalue weighted by atomic mass is 32.2. The van der Waals surface area contributed by atoms with Crippen molar-refractivity contribution in [3.8, 4) is 0 Å². The molecule has 0 spiro atoms. The average Bonchev–Trinajstić information content (AvgIpc) is 2.66. The van der Waals surface area contributed by atoms with Crippen LogP contribution < -0.4 is 5.32 Å². The first-order valence-corrected chi connectivity index (χ1v) is 7.59. The number of hydrogen-bond donors (Lipinski definition) is 1. The van der Waals surface area contributed by atoms with Crippen molar-refractivity contribution in [1.29, 1.82) is 0 Å². The topological polar surface area (TPSA) is 24.9 Å². The van der Waals surface area contributed by atoms with E-state index in [0.717, 1.165) is 13.1 Å². The minimum absolute atomic E-state index is 0.556. The van der Waals surface area contributed by atoms with Crippen molar-refractivity contribution in [2.75, 3.05) is 18.6 Å². The van der Waals surface area contributed by atoms with Gasteiger partial charge in [0.1, 0.15) is 0 Å². The van der Waals surface area contributed by atoms with Gasteiger partial charge in [0.15, 0.2) is 0 Å². The highest BCUT2D eigenvalue weighted by Crippen LogP contribution is 2.20. The third kappa shape index (κ3) is 5.00. The van der Waals surface area contributed by atoms with Gasteiger partial charge in [-0.15, -0.1) is 11.3 Å². The number of hydrogen-bond acceptors (Lipinski definition) is 4. The highest BCUT2D eigenvalue weighted by Gasteiger charge is 2.04. The van der Waals surface area contributed by atoms with Crippen molar-refractivity contribution >= 4 is 23.1 Å². The fourth-order valence-corrected chi connectivity index (χ4v) is 2.55. The largest absolute Gasteiger partial charge is 0.312 e. The van der Waals surface area contributed by atoms with Gasteiger partial charge in [-0.1, -0.05) is 13.8 Å². The van der Waals surface area contributed by atoms with Crippen LogP contribution in [0.15, 0.2) is 6.20 Å². The lowest BCUT2D eigenvalue weighted by Crippen LogP contribution is -2.14. The Balaban J connectivity index is 2.20. The lowest BCUT2D eigenvalue weighted by Gasteiger charge is -2.01. The fourth-order valence-electron chi connectivity index (χ4n) is 1.22. The maximum Gasteiger partial charge on any atom is 0.0953 e. The monoisotopic (exact) mass is 244 g/mol. The van der Waals surface area contributed by atoms with Gasteiger partial charge >= 0.3 is 0 Å². The molecule has 1 aromatic heterocycles. The Kier molecular flexibility index (Phi) is 6.29. The van der Waals surface area contributed by atoms with Gasteiger partial charge in [-0.25, -0.2) is 4.98 Å². The second kappa shape index (κ2) is 7.25. The fraction of sp³-hybridized carbons (Fsp3) is 0.727. The molecular formula is C11H20N2S2. The van der Waals surface area contributed by atoms with E-state index in [1.807, 2.05) is 29.3 Å². The lowest BCUT2D eigenvalue weighted by molar-refractivity contribution is 0.684. The molecule has 15 heavy (non-hydrogen) atoms. The Morgan fingerprint density at radius 1 is 1.53 bits per heavy atom. The van der Waals surface area contributed by atoms with E-state index in [2.05, 4.69) is 30.4 Å². The maximum absolute atomic E-state index is 4.41. The summed E-state index contributed by atoms with van der Waals surface area (Å²) in [6.45, 7) is 6.46. The van der Waals surface area contributed by atoms with Crippen LogP contribution in [0.3, 0.4) is 0 Å². The molecule has 1 aromatic rings. The quantitative estimate of drug-likeness (QED) is 0.746. The minimum Gasteiger partial charge on any atom is -0.312 e. The van der Waals surface area contributed by atoms with Crippen LogP contribution in [0, 0.1) is 0 Å². The van der Waals surface area contributed by atoms with Crippen LogP contribution in [-0.2, 0) is 6.54 Å². The van der Waals surface area contributed by atoms with E-state index in [9.17, 15) is 0 Å². The Morgan fingerprint density at radius 2 is 2.33 bits per heavy atom.